The van der Waals surface area contributed by atoms with Gasteiger partial charge in [0.25, 0.3) is 0 Å². The summed E-state index contributed by atoms with van der Waals surface area (Å²) in [5.41, 5.74) is 7.17. The summed E-state index contributed by atoms with van der Waals surface area (Å²) >= 11 is 3.47. The van der Waals surface area contributed by atoms with Crippen molar-refractivity contribution in [2.75, 3.05) is 7.11 Å². The van der Waals surface area contributed by atoms with Gasteiger partial charge in [-0.25, -0.2) is 0 Å². The molecule has 0 bridgehead atoms. The predicted octanol–water partition coefficient (Wildman–Crippen LogP) is 2.09. The van der Waals surface area contributed by atoms with Gasteiger partial charge in [-0.3, -0.25) is 4.68 Å². The Bertz CT molecular complexity index is 310. The third-order valence-corrected chi connectivity index (χ3v) is 3.17. The molecule has 0 saturated heterocycles. The fourth-order valence-electron chi connectivity index (χ4n) is 1.70. The van der Waals surface area contributed by atoms with Crippen molar-refractivity contribution in [3.63, 3.8) is 0 Å². The number of hydrogen-bond acceptors (Lipinski definition) is 3. The second-order valence-corrected chi connectivity index (χ2v) is 4.26. The topological polar surface area (TPSA) is 53.1 Å². The molecule has 2 N–H and O–H groups in total. The number of hydrogen-bond donors (Lipinski definition) is 1. The minimum Gasteiger partial charge on any atom is -0.379 e. The molecule has 0 saturated carbocycles. The maximum atomic E-state index is 6.17. The first kappa shape index (κ1) is 12.7. The zero-order chi connectivity index (χ0) is 11.4. The van der Waals surface area contributed by atoms with E-state index in [9.17, 15) is 0 Å². The molecule has 1 aromatic rings. The highest BCUT2D eigenvalue weighted by molar-refractivity contribution is 9.10. The monoisotopic (exact) mass is 275 g/mol. The molecule has 0 aliphatic heterocycles. The first-order valence-electron chi connectivity index (χ1n) is 5.15. The van der Waals surface area contributed by atoms with Crippen LogP contribution >= 0.6 is 15.9 Å². The van der Waals surface area contributed by atoms with E-state index in [0.717, 1.165) is 23.1 Å². The van der Waals surface area contributed by atoms with Crippen LogP contribution in [0.2, 0.25) is 0 Å². The van der Waals surface area contributed by atoms with Gasteiger partial charge in [-0.1, -0.05) is 6.92 Å². The average Bonchev–Trinajstić information content (AvgIpc) is 2.61. The van der Waals surface area contributed by atoms with Crippen molar-refractivity contribution < 1.29 is 4.74 Å². The number of aromatic nitrogens is 2. The lowest BCUT2D eigenvalue weighted by Crippen LogP contribution is -2.30. The van der Waals surface area contributed by atoms with E-state index >= 15 is 0 Å². The Hall–Kier alpha value is -0.390. The van der Waals surface area contributed by atoms with Crippen LogP contribution in [-0.4, -0.2) is 23.0 Å². The van der Waals surface area contributed by atoms with Crippen LogP contribution in [0.1, 0.15) is 32.0 Å². The average molecular weight is 276 g/mol. The summed E-state index contributed by atoms with van der Waals surface area (Å²) in [6.45, 7) is 4.92. The Morgan fingerprint density at radius 2 is 2.27 bits per heavy atom. The van der Waals surface area contributed by atoms with Gasteiger partial charge in [-0.2, -0.15) is 5.10 Å². The predicted molar refractivity (Wildman–Crippen MR) is 63.6 cm³/mol. The van der Waals surface area contributed by atoms with Gasteiger partial charge in [-0.15, -0.1) is 0 Å². The Morgan fingerprint density at radius 1 is 1.60 bits per heavy atom. The van der Waals surface area contributed by atoms with Crippen molar-refractivity contribution in [3.8, 4) is 0 Å². The Labute approximate surface area is 98.9 Å². The lowest BCUT2D eigenvalue weighted by atomic mass is 10.1. The molecule has 2 atom stereocenters. The van der Waals surface area contributed by atoms with Crippen LogP contribution < -0.4 is 5.73 Å². The third kappa shape index (κ3) is 2.59. The number of halogens is 1. The number of nitrogens with zero attached hydrogens (tertiary/aromatic N) is 2. The Morgan fingerprint density at radius 3 is 2.73 bits per heavy atom. The van der Waals surface area contributed by atoms with Crippen LogP contribution in [-0.2, 0) is 11.3 Å². The summed E-state index contributed by atoms with van der Waals surface area (Å²) in [5.74, 6) is 0. The Balaban J connectivity index is 2.97. The first-order valence-corrected chi connectivity index (χ1v) is 5.94. The van der Waals surface area contributed by atoms with Crippen LogP contribution in [0.25, 0.3) is 0 Å². The number of nitrogens with two attached hydrogens (primary N) is 1. The molecule has 0 radical (unpaired) electrons. The molecule has 86 valence electrons. The van der Waals surface area contributed by atoms with Crippen LogP contribution in [0.15, 0.2) is 10.7 Å². The Kier molecular flexibility index (Phi) is 4.76. The zero-order valence-corrected chi connectivity index (χ0v) is 11.0. The van der Waals surface area contributed by atoms with Gasteiger partial charge in [0.05, 0.1) is 28.5 Å². The fourth-order valence-corrected chi connectivity index (χ4v) is 2.26. The van der Waals surface area contributed by atoms with Crippen LogP contribution in [0.5, 0.6) is 0 Å². The molecule has 15 heavy (non-hydrogen) atoms. The highest BCUT2D eigenvalue weighted by atomic mass is 79.9. The molecule has 1 heterocycles. The first-order chi connectivity index (χ1) is 7.15. The molecule has 1 rings (SSSR count). The van der Waals surface area contributed by atoms with Gasteiger partial charge >= 0.3 is 0 Å². The maximum Gasteiger partial charge on any atom is 0.0776 e. The van der Waals surface area contributed by atoms with Gasteiger partial charge < -0.3 is 10.5 Å². The molecule has 0 aliphatic rings. The number of rotatable bonds is 5. The maximum absolute atomic E-state index is 6.17. The molecular weight excluding hydrogens is 258 g/mol. The second kappa shape index (κ2) is 5.63. The van der Waals surface area contributed by atoms with E-state index < -0.39 is 0 Å². The van der Waals surface area contributed by atoms with Gasteiger partial charge in [0.1, 0.15) is 0 Å². The summed E-state index contributed by atoms with van der Waals surface area (Å²) in [5, 5.41) is 4.24. The molecule has 2 unspecified atom stereocenters. The summed E-state index contributed by atoms with van der Waals surface area (Å²) in [6.07, 6.45) is 2.70. The summed E-state index contributed by atoms with van der Waals surface area (Å²) in [6, 6.07) is -0.142. The van der Waals surface area contributed by atoms with Crippen LogP contribution in [0.3, 0.4) is 0 Å². The molecule has 0 aromatic carbocycles. The molecule has 0 fully saturated rings. The van der Waals surface area contributed by atoms with Crippen molar-refractivity contribution in [3.05, 3.63) is 16.4 Å². The summed E-state index contributed by atoms with van der Waals surface area (Å²) in [4.78, 5) is 0. The highest BCUT2D eigenvalue weighted by Crippen LogP contribution is 2.26. The molecular formula is C10H18BrN3O. The lowest BCUT2D eigenvalue weighted by Gasteiger charge is -2.22. The quantitative estimate of drug-likeness (QED) is 0.896. The molecule has 0 spiro atoms. The van der Waals surface area contributed by atoms with E-state index in [2.05, 4.69) is 28.0 Å². The third-order valence-electron chi connectivity index (χ3n) is 2.55. The molecule has 0 amide bonds. The minimum absolute atomic E-state index is 0.0308. The van der Waals surface area contributed by atoms with Gasteiger partial charge in [0.15, 0.2) is 0 Å². The SMILES string of the molecule is CCC(OC)C(N)c1c(Br)cnn1CC. The van der Waals surface area contributed by atoms with Crippen molar-refractivity contribution in [1.29, 1.82) is 0 Å². The molecule has 0 aliphatic carbocycles. The van der Waals surface area contributed by atoms with Gasteiger partial charge in [0.2, 0.25) is 0 Å². The summed E-state index contributed by atoms with van der Waals surface area (Å²) < 4.78 is 8.20. The van der Waals surface area contributed by atoms with Gasteiger partial charge in [0, 0.05) is 13.7 Å². The second-order valence-electron chi connectivity index (χ2n) is 3.40. The van der Waals surface area contributed by atoms with E-state index in [-0.39, 0.29) is 12.1 Å². The smallest absolute Gasteiger partial charge is 0.0776 e. The zero-order valence-electron chi connectivity index (χ0n) is 9.40. The summed E-state index contributed by atoms with van der Waals surface area (Å²) in [7, 11) is 1.69. The number of aryl methyl sites for hydroxylation is 1. The molecule has 4 nitrogen and oxygen atoms in total. The molecule has 5 heteroatoms. The number of ether oxygens (including phenoxy) is 1. The fraction of sp³-hybridized carbons (Fsp3) is 0.700. The van der Waals surface area contributed by atoms with Gasteiger partial charge in [-0.05, 0) is 29.3 Å². The van der Waals surface area contributed by atoms with E-state index in [1.807, 2.05) is 11.6 Å². The van der Waals surface area contributed by atoms with Crippen LogP contribution in [0, 0.1) is 0 Å². The van der Waals surface area contributed by atoms with E-state index in [1.54, 1.807) is 13.3 Å². The normalized spacial score (nSPS) is 15.3. The van der Waals surface area contributed by atoms with Crippen LogP contribution in [0.4, 0.5) is 0 Å². The van der Waals surface area contributed by atoms with E-state index in [1.165, 1.54) is 0 Å². The van der Waals surface area contributed by atoms with Crippen molar-refractivity contribution in [2.45, 2.75) is 39.0 Å². The van der Waals surface area contributed by atoms with Crippen molar-refractivity contribution in [1.82, 2.24) is 9.78 Å². The van der Waals surface area contributed by atoms with E-state index in [0.29, 0.717) is 0 Å². The minimum atomic E-state index is -0.142. The molecule has 1 aromatic heterocycles. The largest absolute Gasteiger partial charge is 0.379 e. The van der Waals surface area contributed by atoms with Crippen molar-refractivity contribution in [2.24, 2.45) is 5.73 Å². The lowest BCUT2D eigenvalue weighted by molar-refractivity contribution is 0.0745. The highest BCUT2D eigenvalue weighted by Gasteiger charge is 2.23. The van der Waals surface area contributed by atoms with E-state index in [4.69, 9.17) is 10.5 Å². The standard InChI is InChI=1S/C10H18BrN3O/c1-4-8(15-3)9(12)10-7(11)6-13-14(10)5-2/h6,8-9H,4-5,12H2,1-3H3. The van der Waals surface area contributed by atoms with Crippen molar-refractivity contribution >= 4 is 15.9 Å². The number of methoxy groups -OCH3 is 1.